The fourth-order valence-corrected chi connectivity index (χ4v) is 2.17. The number of amides is 1. The van der Waals surface area contributed by atoms with Gasteiger partial charge in [0.1, 0.15) is 17.2 Å². The summed E-state index contributed by atoms with van der Waals surface area (Å²) >= 11 is 5.65. The van der Waals surface area contributed by atoms with E-state index in [9.17, 15) is 9.18 Å². The highest BCUT2D eigenvalue weighted by atomic mass is 35.5. The number of halogens is 2. The van der Waals surface area contributed by atoms with Crippen molar-refractivity contribution in [1.82, 2.24) is 0 Å². The van der Waals surface area contributed by atoms with Gasteiger partial charge in [-0.3, -0.25) is 4.79 Å². The van der Waals surface area contributed by atoms with Crippen LogP contribution in [0.15, 0.2) is 59.0 Å². The van der Waals surface area contributed by atoms with Crippen LogP contribution < -0.4 is 5.32 Å². The summed E-state index contributed by atoms with van der Waals surface area (Å²) in [6.07, 6.45) is 2.81. The number of rotatable bonds is 3. The van der Waals surface area contributed by atoms with E-state index in [2.05, 4.69) is 5.32 Å². The van der Waals surface area contributed by atoms with Gasteiger partial charge in [-0.1, -0.05) is 29.8 Å². The molecule has 1 amide bonds. The number of para-hydroxylation sites is 1. The lowest BCUT2D eigenvalue weighted by atomic mass is 10.2. The maximum absolute atomic E-state index is 13.6. The van der Waals surface area contributed by atoms with Crippen LogP contribution in [0.2, 0.25) is 5.02 Å². The molecular weight excluding hydrogens is 305 g/mol. The van der Waals surface area contributed by atoms with Gasteiger partial charge in [0.15, 0.2) is 0 Å². The maximum Gasteiger partial charge on any atom is 0.248 e. The molecule has 0 fully saturated rings. The van der Waals surface area contributed by atoms with Gasteiger partial charge in [-0.15, -0.1) is 0 Å². The number of fused-ring (bicyclic) bond motifs is 1. The van der Waals surface area contributed by atoms with Gasteiger partial charge in [0, 0.05) is 16.5 Å². The molecule has 5 heteroatoms. The van der Waals surface area contributed by atoms with Gasteiger partial charge in [0.2, 0.25) is 5.91 Å². The van der Waals surface area contributed by atoms with Gasteiger partial charge in [-0.05, 0) is 36.4 Å². The Labute approximate surface area is 131 Å². The maximum atomic E-state index is 13.6. The smallest absolute Gasteiger partial charge is 0.248 e. The van der Waals surface area contributed by atoms with E-state index in [4.69, 9.17) is 16.0 Å². The molecule has 3 aromatic rings. The topological polar surface area (TPSA) is 42.2 Å². The molecule has 1 aromatic heterocycles. The molecular formula is C17H11ClFNO2. The van der Waals surface area contributed by atoms with Crippen LogP contribution in [0.1, 0.15) is 5.76 Å². The summed E-state index contributed by atoms with van der Waals surface area (Å²) in [5, 5.41) is 3.66. The Kier molecular flexibility index (Phi) is 3.94. The van der Waals surface area contributed by atoms with Crippen LogP contribution in [-0.4, -0.2) is 5.91 Å². The lowest BCUT2D eigenvalue weighted by Gasteiger charge is -2.03. The number of hydrogen-bond donors (Lipinski definition) is 1. The Balaban J connectivity index is 1.73. The molecule has 0 aliphatic heterocycles. The molecule has 0 atom stereocenters. The molecule has 0 radical (unpaired) electrons. The third-order valence-electron chi connectivity index (χ3n) is 3.03. The van der Waals surface area contributed by atoms with Crippen molar-refractivity contribution < 1.29 is 13.6 Å². The van der Waals surface area contributed by atoms with Crippen LogP contribution >= 0.6 is 11.6 Å². The Morgan fingerprint density at radius 3 is 2.77 bits per heavy atom. The lowest BCUT2D eigenvalue weighted by Crippen LogP contribution is -2.09. The van der Waals surface area contributed by atoms with Crippen molar-refractivity contribution >= 4 is 40.2 Å². The molecule has 110 valence electrons. The average Bonchev–Trinajstić information content (AvgIpc) is 2.91. The minimum absolute atomic E-state index is 0.0728. The Morgan fingerprint density at radius 1 is 1.18 bits per heavy atom. The van der Waals surface area contributed by atoms with E-state index in [-0.39, 0.29) is 10.7 Å². The monoisotopic (exact) mass is 315 g/mol. The zero-order valence-electron chi connectivity index (χ0n) is 11.3. The minimum atomic E-state index is -0.585. The largest absolute Gasteiger partial charge is 0.457 e. The molecule has 0 saturated heterocycles. The van der Waals surface area contributed by atoms with Crippen molar-refractivity contribution in [3.8, 4) is 0 Å². The fourth-order valence-electron chi connectivity index (χ4n) is 2.01. The third kappa shape index (κ3) is 3.18. The molecule has 1 N–H and O–H groups in total. The molecule has 2 aromatic carbocycles. The highest BCUT2D eigenvalue weighted by Gasteiger charge is 2.06. The summed E-state index contributed by atoms with van der Waals surface area (Å²) < 4.78 is 19.1. The number of carbonyl (C=O) groups is 1. The molecule has 0 spiro atoms. The summed E-state index contributed by atoms with van der Waals surface area (Å²) in [5.41, 5.74) is 0.815. The van der Waals surface area contributed by atoms with E-state index in [1.807, 2.05) is 30.3 Å². The van der Waals surface area contributed by atoms with E-state index < -0.39 is 11.7 Å². The third-order valence-corrected chi connectivity index (χ3v) is 3.27. The van der Waals surface area contributed by atoms with Crippen LogP contribution in [0.25, 0.3) is 17.0 Å². The lowest BCUT2D eigenvalue weighted by molar-refractivity contribution is -0.111. The molecule has 0 unspecified atom stereocenters. The van der Waals surface area contributed by atoms with Crippen LogP contribution in [0.4, 0.5) is 10.1 Å². The van der Waals surface area contributed by atoms with Crippen LogP contribution in [0.3, 0.4) is 0 Å². The number of carbonyl (C=O) groups excluding carboxylic acids is 1. The van der Waals surface area contributed by atoms with Gasteiger partial charge >= 0.3 is 0 Å². The first-order chi connectivity index (χ1) is 10.6. The first kappa shape index (κ1) is 14.4. The van der Waals surface area contributed by atoms with Gasteiger partial charge in [-0.2, -0.15) is 0 Å². The summed E-state index contributed by atoms with van der Waals surface area (Å²) in [6.45, 7) is 0. The molecule has 3 rings (SSSR count). The Bertz CT molecular complexity index is 837. The number of furan rings is 1. The van der Waals surface area contributed by atoms with Gasteiger partial charge < -0.3 is 9.73 Å². The predicted molar refractivity (Wildman–Crippen MR) is 85.3 cm³/mol. The summed E-state index contributed by atoms with van der Waals surface area (Å²) in [4.78, 5) is 11.8. The number of hydrogen-bond acceptors (Lipinski definition) is 2. The van der Waals surface area contributed by atoms with Gasteiger partial charge in [0.05, 0.1) is 5.69 Å². The zero-order valence-corrected chi connectivity index (χ0v) is 12.1. The molecule has 3 nitrogen and oxygen atoms in total. The molecule has 1 heterocycles. The second kappa shape index (κ2) is 6.03. The first-order valence-electron chi connectivity index (χ1n) is 6.54. The van der Waals surface area contributed by atoms with E-state index in [0.717, 1.165) is 17.0 Å². The van der Waals surface area contributed by atoms with Crippen molar-refractivity contribution in [2.75, 3.05) is 5.32 Å². The fraction of sp³-hybridized carbons (Fsp3) is 0. The highest BCUT2D eigenvalue weighted by molar-refractivity contribution is 6.30. The van der Waals surface area contributed by atoms with Crippen molar-refractivity contribution in [2.45, 2.75) is 0 Å². The SMILES string of the molecule is O=C(/C=C/c1cc2ccccc2o1)Nc1ccc(Cl)cc1F. The van der Waals surface area contributed by atoms with E-state index >= 15 is 0 Å². The van der Waals surface area contributed by atoms with Crippen molar-refractivity contribution in [1.29, 1.82) is 0 Å². The summed E-state index contributed by atoms with van der Waals surface area (Å²) in [6, 6.07) is 13.4. The number of anilines is 1. The summed E-state index contributed by atoms with van der Waals surface area (Å²) in [7, 11) is 0. The molecule has 0 aliphatic rings. The van der Waals surface area contributed by atoms with E-state index in [0.29, 0.717) is 5.76 Å². The van der Waals surface area contributed by atoms with E-state index in [1.54, 1.807) is 0 Å². The van der Waals surface area contributed by atoms with Crippen molar-refractivity contribution in [3.05, 3.63) is 71.2 Å². The van der Waals surface area contributed by atoms with E-state index in [1.165, 1.54) is 24.3 Å². The summed E-state index contributed by atoms with van der Waals surface area (Å²) in [5.74, 6) is -0.493. The number of nitrogens with one attached hydrogen (secondary N) is 1. The zero-order chi connectivity index (χ0) is 15.5. The van der Waals surface area contributed by atoms with Crippen LogP contribution in [0, 0.1) is 5.82 Å². The molecule has 22 heavy (non-hydrogen) atoms. The highest BCUT2D eigenvalue weighted by Crippen LogP contribution is 2.20. The van der Waals surface area contributed by atoms with Crippen LogP contribution in [-0.2, 0) is 4.79 Å². The van der Waals surface area contributed by atoms with Gasteiger partial charge in [0.25, 0.3) is 0 Å². The average molecular weight is 316 g/mol. The quantitative estimate of drug-likeness (QED) is 0.700. The Morgan fingerprint density at radius 2 is 2.00 bits per heavy atom. The number of benzene rings is 2. The first-order valence-corrected chi connectivity index (χ1v) is 6.92. The predicted octanol–water partition coefficient (Wildman–Crippen LogP) is 4.88. The van der Waals surface area contributed by atoms with Crippen molar-refractivity contribution in [3.63, 3.8) is 0 Å². The second-order valence-corrected chi connectivity index (χ2v) is 5.07. The van der Waals surface area contributed by atoms with Crippen molar-refractivity contribution in [2.24, 2.45) is 0 Å². The molecule has 0 bridgehead atoms. The minimum Gasteiger partial charge on any atom is -0.457 e. The Hall–Kier alpha value is -2.59. The second-order valence-electron chi connectivity index (χ2n) is 4.63. The standard InChI is InChI=1S/C17H11ClFNO2/c18-12-5-7-15(14(19)10-12)20-17(21)8-6-13-9-11-3-1-2-4-16(11)22-13/h1-10H,(H,20,21)/b8-6+. The van der Waals surface area contributed by atoms with Gasteiger partial charge in [-0.25, -0.2) is 4.39 Å². The normalized spacial score (nSPS) is 11.2. The van der Waals surface area contributed by atoms with Crippen LogP contribution in [0.5, 0.6) is 0 Å². The molecule has 0 saturated carbocycles. The molecule has 0 aliphatic carbocycles.